The summed E-state index contributed by atoms with van der Waals surface area (Å²) in [5, 5.41) is 7.39. The van der Waals surface area contributed by atoms with Gasteiger partial charge in [-0.05, 0) is 67.7 Å². The molecule has 1 aromatic heterocycles. The molecular weight excluding hydrogens is 446 g/mol. The number of furan rings is 1. The molecule has 8 heteroatoms. The highest BCUT2D eigenvalue weighted by Crippen LogP contribution is 2.37. The monoisotopic (exact) mass is 483 g/mol. The number of hydrogen-bond acceptors (Lipinski definition) is 6. The van der Waals surface area contributed by atoms with Crippen LogP contribution in [0.25, 0.3) is 0 Å². The quantitative estimate of drug-likeness (QED) is 0.556. The maximum absolute atomic E-state index is 5.57. The zero-order chi connectivity index (χ0) is 23.3. The van der Waals surface area contributed by atoms with Crippen LogP contribution in [0.3, 0.4) is 0 Å². The van der Waals surface area contributed by atoms with Crippen LogP contribution in [0.2, 0.25) is 0 Å². The van der Waals surface area contributed by atoms with Crippen LogP contribution in [-0.2, 0) is 6.54 Å². The fourth-order valence-electron chi connectivity index (χ4n) is 5.92. The Kier molecular flexibility index (Phi) is 7.57. The summed E-state index contributed by atoms with van der Waals surface area (Å²) >= 11 is 5.47. The van der Waals surface area contributed by atoms with Crippen LogP contribution in [0.5, 0.6) is 5.75 Å². The van der Waals surface area contributed by atoms with Crippen molar-refractivity contribution in [1.82, 2.24) is 20.4 Å². The minimum absolute atomic E-state index is 0.584. The fraction of sp³-hybridized carbons (Fsp3) is 0.577. The third-order valence-electron chi connectivity index (χ3n) is 7.81. The lowest BCUT2D eigenvalue weighted by Crippen LogP contribution is -2.59. The average Bonchev–Trinajstić information content (AvgIpc) is 3.41. The van der Waals surface area contributed by atoms with Gasteiger partial charge >= 0.3 is 0 Å². The van der Waals surface area contributed by atoms with E-state index in [0.717, 1.165) is 56.1 Å². The number of benzene rings is 1. The molecular formula is C26H37N5O2S. The molecule has 4 fully saturated rings. The van der Waals surface area contributed by atoms with E-state index >= 15 is 0 Å². The standard InChI is InChI=1S/C26H37N5O2S/c1-32-25-7-3-2-6-24(25)30-12-10-29(11-13-30)18-21-19-31-9-8-20(21)15-22(31)16-27-26(34)28-17-23-5-4-14-33-23/h2-7,14,20-22H,8-13,15-19H2,1H3,(H2,27,28,34). The Morgan fingerprint density at radius 1 is 1.09 bits per heavy atom. The van der Waals surface area contributed by atoms with Crippen molar-refractivity contribution in [2.24, 2.45) is 11.8 Å². The van der Waals surface area contributed by atoms with Gasteiger partial charge in [0.2, 0.25) is 0 Å². The van der Waals surface area contributed by atoms with Crippen LogP contribution < -0.4 is 20.3 Å². The minimum atomic E-state index is 0.584. The molecule has 0 aliphatic carbocycles. The highest BCUT2D eigenvalue weighted by Gasteiger charge is 2.40. The summed E-state index contributed by atoms with van der Waals surface area (Å²) in [4.78, 5) is 7.84. The van der Waals surface area contributed by atoms with Gasteiger partial charge in [-0.25, -0.2) is 0 Å². The lowest BCUT2D eigenvalue weighted by molar-refractivity contribution is -0.0110. The average molecular weight is 484 g/mol. The molecule has 5 heterocycles. The summed E-state index contributed by atoms with van der Waals surface area (Å²) in [7, 11) is 1.76. The largest absolute Gasteiger partial charge is 0.495 e. The normalized spacial score (nSPS) is 26.9. The maximum Gasteiger partial charge on any atom is 0.166 e. The first-order chi connectivity index (χ1) is 16.7. The number of piperazine rings is 1. The molecule has 2 aromatic rings. The molecule has 0 amide bonds. The van der Waals surface area contributed by atoms with Gasteiger partial charge in [-0.1, -0.05) is 12.1 Å². The number of nitrogens with zero attached hydrogens (tertiary/aromatic N) is 3. The van der Waals surface area contributed by atoms with Gasteiger partial charge in [0, 0.05) is 51.9 Å². The number of para-hydroxylation sites is 2. The Hall–Kier alpha value is -2.29. The fourth-order valence-corrected chi connectivity index (χ4v) is 6.07. The molecule has 1 aromatic carbocycles. The lowest BCUT2D eigenvalue weighted by Gasteiger charge is -2.51. The molecule has 6 rings (SSSR count). The van der Waals surface area contributed by atoms with Gasteiger partial charge in [0.1, 0.15) is 11.5 Å². The SMILES string of the molecule is COc1ccccc1N1CCN(CC2CN3CCC2CC3CNC(=S)NCc2ccco2)CC1. The number of hydrogen-bond donors (Lipinski definition) is 2. The molecule has 184 valence electrons. The molecule has 0 spiro atoms. The van der Waals surface area contributed by atoms with E-state index in [9.17, 15) is 0 Å². The number of piperidine rings is 3. The zero-order valence-electron chi connectivity index (χ0n) is 20.1. The predicted octanol–water partition coefficient (Wildman–Crippen LogP) is 2.78. The Bertz CT molecular complexity index is 931. The van der Waals surface area contributed by atoms with Crippen molar-refractivity contribution in [3.05, 3.63) is 48.4 Å². The summed E-state index contributed by atoms with van der Waals surface area (Å²) in [6.45, 7) is 9.60. The van der Waals surface area contributed by atoms with Gasteiger partial charge in [-0.15, -0.1) is 0 Å². The van der Waals surface area contributed by atoms with Crippen LogP contribution in [0.1, 0.15) is 18.6 Å². The minimum Gasteiger partial charge on any atom is -0.495 e. The van der Waals surface area contributed by atoms with Crippen molar-refractivity contribution in [2.75, 3.05) is 64.4 Å². The second-order valence-electron chi connectivity index (χ2n) is 9.80. The van der Waals surface area contributed by atoms with Crippen molar-refractivity contribution >= 4 is 23.0 Å². The Morgan fingerprint density at radius 2 is 1.94 bits per heavy atom. The topological polar surface area (TPSA) is 56.2 Å². The van der Waals surface area contributed by atoms with E-state index in [0.29, 0.717) is 17.7 Å². The first-order valence-electron chi connectivity index (χ1n) is 12.6. The summed E-state index contributed by atoms with van der Waals surface area (Å²) in [6, 6.07) is 12.8. The summed E-state index contributed by atoms with van der Waals surface area (Å²) in [6.07, 6.45) is 4.31. The van der Waals surface area contributed by atoms with E-state index in [-0.39, 0.29) is 0 Å². The summed E-state index contributed by atoms with van der Waals surface area (Å²) in [5.74, 6) is 3.49. The number of fused-ring (bicyclic) bond motifs is 3. The van der Waals surface area contributed by atoms with Crippen molar-refractivity contribution < 1.29 is 9.15 Å². The first-order valence-corrected chi connectivity index (χ1v) is 13.0. The number of methoxy groups -OCH3 is 1. The predicted molar refractivity (Wildman–Crippen MR) is 139 cm³/mol. The lowest BCUT2D eigenvalue weighted by atomic mass is 9.75. The van der Waals surface area contributed by atoms with Gasteiger partial charge in [0.15, 0.2) is 5.11 Å². The zero-order valence-corrected chi connectivity index (χ0v) is 20.9. The van der Waals surface area contributed by atoms with Crippen LogP contribution in [0, 0.1) is 11.8 Å². The highest BCUT2D eigenvalue weighted by atomic mass is 32.1. The molecule has 4 atom stereocenters. The number of rotatable bonds is 8. The maximum atomic E-state index is 5.57. The molecule has 2 N–H and O–H groups in total. The van der Waals surface area contributed by atoms with Crippen LogP contribution in [-0.4, -0.2) is 80.4 Å². The molecule has 4 aliphatic heterocycles. The summed E-state index contributed by atoms with van der Waals surface area (Å²) < 4.78 is 10.9. The molecule has 4 aliphatic rings. The van der Waals surface area contributed by atoms with Gasteiger partial charge in [0.05, 0.1) is 25.6 Å². The van der Waals surface area contributed by atoms with Gasteiger partial charge < -0.3 is 24.7 Å². The molecule has 34 heavy (non-hydrogen) atoms. The smallest absolute Gasteiger partial charge is 0.166 e. The van der Waals surface area contributed by atoms with E-state index in [4.69, 9.17) is 21.4 Å². The number of ether oxygens (including phenoxy) is 1. The Balaban J connectivity index is 1.05. The van der Waals surface area contributed by atoms with E-state index in [1.807, 2.05) is 18.2 Å². The molecule has 0 saturated carbocycles. The molecule has 4 saturated heterocycles. The first kappa shape index (κ1) is 23.5. The van der Waals surface area contributed by atoms with Gasteiger partial charge in [-0.2, -0.15) is 0 Å². The second-order valence-corrected chi connectivity index (χ2v) is 10.2. The van der Waals surface area contributed by atoms with Crippen molar-refractivity contribution in [3.8, 4) is 5.75 Å². The third kappa shape index (κ3) is 5.50. The van der Waals surface area contributed by atoms with Crippen molar-refractivity contribution in [1.29, 1.82) is 0 Å². The molecule has 2 bridgehead atoms. The second kappa shape index (κ2) is 11.0. The van der Waals surface area contributed by atoms with Crippen LogP contribution >= 0.6 is 12.2 Å². The Labute approximate surface area is 208 Å². The Morgan fingerprint density at radius 3 is 2.68 bits per heavy atom. The number of anilines is 1. The number of thiocarbonyl (C=S) groups is 1. The van der Waals surface area contributed by atoms with Crippen molar-refractivity contribution in [3.63, 3.8) is 0 Å². The molecule has 7 nitrogen and oxygen atoms in total. The van der Waals surface area contributed by atoms with E-state index < -0.39 is 0 Å². The van der Waals surface area contributed by atoms with Gasteiger partial charge in [0.25, 0.3) is 0 Å². The van der Waals surface area contributed by atoms with Crippen LogP contribution in [0.15, 0.2) is 47.1 Å². The van der Waals surface area contributed by atoms with Crippen LogP contribution in [0.4, 0.5) is 5.69 Å². The third-order valence-corrected chi connectivity index (χ3v) is 8.10. The molecule has 0 radical (unpaired) electrons. The van der Waals surface area contributed by atoms with E-state index in [1.165, 1.54) is 38.2 Å². The molecule has 4 unspecified atom stereocenters. The van der Waals surface area contributed by atoms with E-state index in [1.54, 1.807) is 13.4 Å². The highest BCUT2D eigenvalue weighted by molar-refractivity contribution is 7.80. The summed E-state index contributed by atoms with van der Waals surface area (Å²) in [5.41, 5.74) is 1.22. The number of nitrogens with one attached hydrogen (secondary N) is 2. The van der Waals surface area contributed by atoms with Gasteiger partial charge in [-0.3, -0.25) is 9.80 Å². The van der Waals surface area contributed by atoms with Crippen molar-refractivity contribution in [2.45, 2.75) is 25.4 Å². The van der Waals surface area contributed by atoms with E-state index in [2.05, 4.69) is 43.5 Å².